The quantitative estimate of drug-likeness (QED) is 0.332. The molecule has 1 heterocycles. The van der Waals surface area contributed by atoms with E-state index in [2.05, 4.69) is 6.58 Å². The fourth-order valence-corrected chi connectivity index (χ4v) is 3.92. The van der Waals surface area contributed by atoms with Crippen LogP contribution in [0.25, 0.3) is 22.3 Å². The molecule has 1 fully saturated rings. The first-order valence-electron chi connectivity index (χ1n) is 11.4. The van der Waals surface area contributed by atoms with Gasteiger partial charge in [0.15, 0.2) is 17.9 Å². The maximum absolute atomic E-state index is 14.8. The lowest BCUT2D eigenvalue weighted by molar-refractivity contribution is -0.198. The second kappa shape index (κ2) is 10.9. The first-order valence-corrected chi connectivity index (χ1v) is 11.4. The van der Waals surface area contributed by atoms with Crippen LogP contribution in [0.4, 0.5) is 13.2 Å². The van der Waals surface area contributed by atoms with Gasteiger partial charge in [-0.05, 0) is 41.2 Å². The molecule has 2 nitrogen and oxygen atoms in total. The topological polar surface area (TPSA) is 18.5 Å². The molecular formula is C29H27F3O2. The lowest BCUT2D eigenvalue weighted by Crippen LogP contribution is -2.26. The van der Waals surface area contributed by atoms with Crippen molar-refractivity contribution >= 4 is 0 Å². The highest BCUT2D eigenvalue weighted by molar-refractivity contribution is 5.71. The Kier molecular flexibility index (Phi) is 7.66. The van der Waals surface area contributed by atoms with Crippen molar-refractivity contribution in [3.8, 4) is 22.3 Å². The summed E-state index contributed by atoms with van der Waals surface area (Å²) in [4.78, 5) is 0. The van der Waals surface area contributed by atoms with E-state index in [9.17, 15) is 13.2 Å². The van der Waals surface area contributed by atoms with Gasteiger partial charge in [-0.15, -0.1) is 6.58 Å². The predicted octanol–water partition coefficient (Wildman–Crippen LogP) is 7.79. The molecule has 0 aliphatic carbocycles. The van der Waals surface area contributed by atoms with Crippen LogP contribution in [0.15, 0.2) is 79.4 Å². The van der Waals surface area contributed by atoms with E-state index in [-0.39, 0.29) is 11.5 Å². The van der Waals surface area contributed by atoms with Crippen LogP contribution in [-0.2, 0) is 15.9 Å². The number of benzene rings is 3. The highest BCUT2D eigenvalue weighted by Gasteiger charge is 2.24. The first kappa shape index (κ1) is 24.0. The van der Waals surface area contributed by atoms with Crippen LogP contribution in [0.3, 0.4) is 0 Å². The lowest BCUT2D eigenvalue weighted by atomic mass is 9.97. The Morgan fingerprint density at radius 1 is 0.853 bits per heavy atom. The molecule has 0 saturated carbocycles. The second-order valence-electron chi connectivity index (χ2n) is 8.29. The van der Waals surface area contributed by atoms with Gasteiger partial charge < -0.3 is 9.47 Å². The molecule has 0 aromatic heterocycles. The molecule has 34 heavy (non-hydrogen) atoms. The number of allylic oxidation sites excluding steroid dienone is 2. The summed E-state index contributed by atoms with van der Waals surface area (Å²) in [6, 6.07) is 15.0. The molecule has 1 aliphatic rings. The molecule has 5 heteroatoms. The number of halogens is 3. The molecule has 176 valence electrons. The smallest absolute Gasteiger partial charge is 0.186 e. The fraction of sp³-hybridized carbons (Fsp3) is 0.241. The van der Waals surface area contributed by atoms with Crippen LogP contribution in [0.2, 0.25) is 0 Å². The van der Waals surface area contributed by atoms with E-state index < -0.39 is 23.7 Å². The lowest BCUT2D eigenvalue weighted by Gasteiger charge is -2.28. The monoisotopic (exact) mass is 464 g/mol. The Morgan fingerprint density at radius 3 is 2.18 bits per heavy atom. The highest BCUT2D eigenvalue weighted by Crippen LogP contribution is 2.32. The Bertz CT molecular complexity index is 1180. The summed E-state index contributed by atoms with van der Waals surface area (Å²) in [5, 5.41) is 0. The minimum absolute atomic E-state index is 0.101. The van der Waals surface area contributed by atoms with Gasteiger partial charge in [0.2, 0.25) is 0 Å². The van der Waals surface area contributed by atoms with Crippen molar-refractivity contribution < 1.29 is 22.6 Å². The molecule has 1 aliphatic heterocycles. The van der Waals surface area contributed by atoms with Crippen LogP contribution < -0.4 is 0 Å². The molecule has 0 N–H and O–H groups in total. The number of hydrogen-bond acceptors (Lipinski definition) is 2. The van der Waals surface area contributed by atoms with Crippen molar-refractivity contribution in [1.82, 2.24) is 0 Å². The normalized spacial score (nSPS) is 18.4. The Labute approximate surface area is 198 Å². The fourth-order valence-electron chi connectivity index (χ4n) is 3.92. The van der Waals surface area contributed by atoms with Crippen LogP contribution in [0.5, 0.6) is 0 Å². The largest absolute Gasteiger partial charge is 0.348 e. The van der Waals surface area contributed by atoms with Crippen molar-refractivity contribution in [1.29, 1.82) is 0 Å². The van der Waals surface area contributed by atoms with Gasteiger partial charge in [0, 0.05) is 17.0 Å². The average Bonchev–Trinajstić information content (AvgIpc) is 2.87. The molecule has 1 saturated heterocycles. The van der Waals surface area contributed by atoms with Gasteiger partial charge in [-0.2, -0.15) is 0 Å². The van der Waals surface area contributed by atoms with Gasteiger partial charge >= 0.3 is 0 Å². The van der Waals surface area contributed by atoms with E-state index in [0.29, 0.717) is 41.9 Å². The molecule has 0 spiro atoms. The molecule has 3 aromatic carbocycles. The summed E-state index contributed by atoms with van der Waals surface area (Å²) in [5.74, 6) is -2.02. The van der Waals surface area contributed by atoms with Crippen LogP contribution in [0, 0.1) is 23.4 Å². The van der Waals surface area contributed by atoms with Gasteiger partial charge in [-0.3, -0.25) is 0 Å². The summed E-state index contributed by atoms with van der Waals surface area (Å²) in [5.41, 5.74) is 2.83. The van der Waals surface area contributed by atoms with Gasteiger partial charge in [-0.25, -0.2) is 13.2 Å². The van der Waals surface area contributed by atoms with Crippen LogP contribution >= 0.6 is 0 Å². The number of ether oxygens (including phenoxy) is 2. The molecule has 3 aromatic rings. The molecule has 0 radical (unpaired) electrons. The molecular weight excluding hydrogens is 437 g/mol. The van der Waals surface area contributed by atoms with E-state index >= 15 is 0 Å². The van der Waals surface area contributed by atoms with E-state index in [1.165, 1.54) is 6.07 Å². The zero-order valence-electron chi connectivity index (χ0n) is 19.1. The molecule has 0 amide bonds. The standard InChI is InChI=1S/C29H27F3O2/c1-3-5-6-7-22-12-14-24(28(32)27(22)31)21-10-8-20(9-11-21)23-13-15-25(26(30)16-23)29-33-17-19(4-2)18-34-29/h4-6,8-16,19,29H,2-3,7,17-18H2,1H3/b6-5-. The predicted molar refractivity (Wildman–Crippen MR) is 129 cm³/mol. The van der Waals surface area contributed by atoms with Gasteiger partial charge in [-0.1, -0.05) is 73.7 Å². The number of rotatable bonds is 7. The number of hydrogen-bond donors (Lipinski definition) is 0. The first-order chi connectivity index (χ1) is 16.5. The third-order valence-corrected chi connectivity index (χ3v) is 5.94. The minimum Gasteiger partial charge on any atom is -0.348 e. The summed E-state index contributed by atoms with van der Waals surface area (Å²) in [6.07, 6.45) is 5.97. The van der Waals surface area contributed by atoms with E-state index in [1.54, 1.807) is 54.6 Å². The SMILES string of the molecule is C=CC1COC(c2ccc(-c3ccc(-c4ccc(C/C=C\CC)c(F)c4F)cc3)cc2F)OC1. The summed E-state index contributed by atoms with van der Waals surface area (Å²) < 4.78 is 55.3. The van der Waals surface area contributed by atoms with Crippen LogP contribution in [0.1, 0.15) is 30.8 Å². The van der Waals surface area contributed by atoms with Crippen molar-refractivity contribution in [3.63, 3.8) is 0 Å². The van der Waals surface area contributed by atoms with E-state index in [0.717, 1.165) is 12.0 Å². The van der Waals surface area contributed by atoms with E-state index in [4.69, 9.17) is 9.47 Å². The third kappa shape index (κ3) is 5.16. The van der Waals surface area contributed by atoms with Gasteiger partial charge in [0.05, 0.1) is 13.2 Å². The summed E-state index contributed by atoms with van der Waals surface area (Å²) in [6.45, 7) is 6.58. The van der Waals surface area contributed by atoms with Crippen molar-refractivity contribution in [2.24, 2.45) is 5.92 Å². The zero-order valence-corrected chi connectivity index (χ0v) is 19.1. The average molecular weight is 465 g/mol. The Morgan fingerprint density at radius 2 is 1.53 bits per heavy atom. The summed E-state index contributed by atoms with van der Waals surface area (Å²) in [7, 11) is 0. The highest BCUT2D eigenvalue weighted by atomic mass is 19.2. The molecule has 0 atom stereocenters. The summed E-state index contributed by atoms with van der Waals surface area (Å²) >= 11 is 0. The molecule has 4 rings (SSSR count). The Balaban J connectivity index is 1.52. The van der Waals surface area contributed by atoms with Crippen molar-refractivity contribution in [2.45, 2.75) is 26.1 Å². The second-order valence-corrected chi connectivity index (χ2v) is 8.29. The minimum atomic E-state index is -0.864. The molecule has 0 unspecified atom stereocenters. The van der Waals surface area contributed by atoms with Gasteiger partial charge in [0.25, 0.3) is 0 Å². The zero-order chi connectivity index (χ0) is 24.1. The van der Waals surface area contributed by atoms with E-state index in [1.807, 2.05) is 19.1 Å². The third-order valence-electron chi connectivity index (χ3n) is 5.94. The maximum atomic E-state index is 14.8. The van der Waals surface area contributed by atoms with Crippen LogP contribution in [-0.4, -0.2) is 13.2 Å². The van der Waals surface area contributed by atoms with Crippen molar-refractivity contribution in [3.05, 3.63) is 108 Å². The maximum Gasteiger partial charge on any atom is 0.186 e. The Hall–Kier alpha value is -3.15. The van der Waals surface area contributed by atoms with Crippen molar-refractivity contribution in [2.75, 3.05) is 13.2 Å². The van der Waals surface area contributed by atoms with Gasteiger partial charge in [0.1, 0.15) is 5.82 Å². The molecule has 0 bridgehead atoms.